The average molecular weight is 593 g/mol. The maximum Gasteiger partial charge on any atom is 0.293 e. The van der Waals surface area contributed by atoms with Crippen LogP contribution < -0.4 is 26.8 Å². The van der Waals surface area contributed by atoms with E-state index in [9.17, 15) is 14.4 Å². The average Bonchev–Trinajstić information content (AvgIpc) is 3.01. The Morgan fingerprint density at radius 3 is 2.32 bits per heavy atom. The second-order valence-corrected chi connectivity index (χ2v) is 12.4. The monoisotopic (exact) mass is 592 g/mol. The van der Waals surface area contributed by atoms with E-state index in [4.69, 9.17) is 0 Å². The smallest absolute Gasteiger partial charge is 0.293 e. The predicted molar refractivity (Wildman–Crippen MR) is 177 cm³/mol. The lowest BCUT2D eigenvalue weighted by molar-refractivity contribution is -0.120. The fourth-order valence-electron chi connectivity index (χ4n) is 5.28. The summed E-state index contributed by atoms with van der Waals surface area (Å²) in [6, 6.07) is 20.5. The molecule has 1 aromatic heterocycles. The molecule has 1 atom stereocenters. The van der Waals surface area contributed by atoms with E-state index < -0.39 is 0 Å². The zero-order valence-corrected chi connectivity index (χ0v) is 26.0. The van der Waals surface area contributed by atoms with Gasteiger partial charge in [0.1, 0.15) is 0 Å². The van der Waals surface area contributed by atoms with E-state index in [0.29, 0.717) is 34.9 Å². The lowest BCUT2D eigenvalue weighted by atomic mass is 9.86. The summed E-state index contributed by atoms with van der Waals surface area (Å²) in [5, 5.41) is 12.4. The number of aryl methyl sites for hydroxylation is 1. The van der Waals surface area contributed by atoms with Gasteiger partial charge in [-0.3, -0.25) is 14.4 Å². The molecule has 0 aliphatic carbocycles. The van der Waals surface area contributed by atoms with E-state index in [-0.39, 0.29) is 34.5 Å². The van der Waals surface area contributed by atoms with Crippen LogP contribution in [0.25, 0.3) is 11.3 Å². The van der Waals surface area contributed by atoms with Gasteiger partial charge < -0.3 is 25.8 Å². The number of nitrogens with one attached hydrogen (secondary N) is 4. The summed E-state index contributed by atoms with van der Waals surface area (Å²) in [4.78, 5) is 43.3. The highest BCUT2D eigenvalue weighted by Gasteiger charge is 2.21. The molecule has 1 unspecified atom stereocenters. The van der Waals surface area contributed by atoms with Crippen molar-refractivity contribution in [1.82, 2.24) is 14.9 Å². The Bertz CT molecular complexity index is 1710. The van der Waals surface area contributed by atoms with Crippen molar-refractivity contribution in [3.05, 3.63) is 100.0 Å². The van der Waals surface area contributed by atoms with Gasteiger partial charge in [0.05, 0.1) is 11.6 Å². The zero-order valence-electron chi connectivity index (χ0n) is 26.0. The summed E-state index contributed by atoms with van der Waals surface area (Å²) < 4.78 is 1.49. The number of rotatable bonds is 7. The molecule has 4 aromatic rings. The Morgan fingerprint density at radius 2 is 1.66 bits per heavy atom. The van der Waals surface area contributed by atoms with Gasteiger partial charge in [0.15, 0.2) is 5.82 Å². The van der Waals surface area contributed by atoms with Gasteiger partial charge in [-0.05, 0) is 85.3 Å². The highest BCUT2D eigenvalue weighted by molar-refractivity contribution is 6.05. The normalized spacial score (nSPS) is 15.0. The Labute approximate surface area is 258 Å². The van der Waals surface area contributed by atoms with Crippen LogP contribution in [0, 0.1) is 12.8 Å². The Morgan fingerprint density at radius 1 is 0.955 bits per heavy atom. The molecule has 2 heterocycles. The Hall–Kier alpha value is -4.76. The summed E-state index contributed by atoms with van der Waals surface area (Å²) in [6.45, 7) is 9.98. The molecule has 1 aliphatic heterocycles. The van der Waals surface area contributed by atoms with Crippen LogP contribution in [0.2, 0.25) is 0 Å². The van der Waals surface area contributed by atoms with Gasteiger partial charge in [-0.1, -0.05) is 45.0 Å². The molecule has 0 bridgehead atoms. The van der Waals surface area contributed by atoms with Gasteiger partial charge in [-0.25, -0.2) is 4.98 Å². The first-order valence-corrected chi connectivity index (χ1v) is 15.0. The number of nitrogens with zero attached hydrogens (tertiary/aromatic N) is 2. The molecule has 4 N–H and O–H groups in total. The Balaban J connectivity index is 1.32. The lowest BCUT2D eigenvalue weighted by Gasteiger charge is -2.21. The van der Waals surface area contributed by atoms with Crippen molar-refractivity contribution in [1.29, 1.82) is 0 Å². The van der Waals surface area contributed by atoms with Crippen LogP contribution in [0.1, 0.15) is 55.1 Å². The standard InChI is InChI=1S/C35H40N6O3/c1-22-28(9-6-10-29(22)40-32(42)23-11-13-25(14-12-23)35(2,3)4)30-21-41(5)34(44)31(39-30)37-26-15-17-27(18-16-26)38-33(43)24-8-7-19-36-20-24/h6,9-18,21,24,36H,7-8,19-20H2,1-5H3,(H,37,39)(H,38,43)(H,40,42). The van der Waals surface area contributed by atoms with Crippen molar-refractivity contribution in [2.45, 2.75) is 46.0 Å². The van der Waals surface area contributed by atoms with Gasteiger partial charge in [-0.15, -0.1) is 0 Å². The molecule has 9 nitrogen and oxygen atoms in total. The number of carbonyl (C=O) groups is 2. The van der Waals surface area contributed by atoms with Crippen LogP contribution in [0.15, 0.2) is 77.7 Å². The fourth-order valence-corrected chi connectivity index (χ4v) is 5.28. The zero-order chi connectivity index (χ0) is 31.4. The molecule has 1 saturated heterocycles. The summed E-state index contributed by atoms with van der Waals surface area (Å²) >= 11 is 0. The molecule has 5 rings (SSSR count). The third kappa shape index (κ3) is 7.06. The minimum atomic E-state index is -0.281. The maximum absolute atomic E-state index is 13.1. The van der Waals surface area contributed by atoms with E-state index in [0.717, 1.165) is 36.1 Å². The number of anilines is 4. The molecule has 0 radical (unpaired) electrons. The molecule has 0 spiro atoms. The molecule has 0 saturated carbocycles. The van der Waals surface area contributed by atoms with Gasteiger partial charge in [-0.2, -0.15) is 0 Å². The van der Waals surface area contributed by atoms with E-state index in [1.54, 1.807) is 37.5 Å². The number of amides is 2. The number of aromatic nitrogens is 2. The van der Waals surface area contributed by atoms with Crippen LogP contribution in [0.4, 0.5) is 22.9 Å². The molecule has 9 heteroatoms. The van der Waals surface area contributed by atoms with Crippen molar-refractivity contribution in [3.8, 4) is 11.3 Å². The van der Waals surface area contributed by atoms with Crippen LogP contribution >= 0.6 is 0 Å². The molecule has 1 aliphatic rings. The first-order chi connectivity index (χ1) is 21.0. The van der Waals surface area contributed by atoms with E-state index in [2.05, 4.69) is 47.0 Å². The topological polar surface area (TPSA) is 117 Å². The molecule has 44 heavy (non-hydrogen) atoms. The minimum Gasteiger partial charge on any atom is -0.336 e. The minimum absolute atomic E-state index is 0.00372. The highest BCUT2D eigenvalue weighted by atomic mass is 16.2. The second-order valence-electron chi connectivity index (χ2n) is 12.4. The number of piperidine rings is 1. The molecule has 1 fully saturated rings. The molecule has 3 aromatic carbocycles. The Kier molecular flexibility index (Phi) is 8.96. The van der Waals surface area contributed by atoms with Crippen LogP contribution in [0.3, 0.4) is 0 Å². The fraction of sp³-hybridized carbons (Fsp3) is 0.314. The largest absolute Gasteiger partial charge is 0.336 e. The summed E-state index contributed by atoms with van der Waals surface area (Å²) in [5.41, 5.74) is 5.69. The molecule has 2 amide bonds. The van der Waals surface area contributed by atoms with Crippen molar-refractivity contribution in [3.63, 3.8) is 0 Å². The van der Waals surface area contributed by atoms with Crippen molar-refractivity contribution >= 4 is 34.7 Å². The molecular weight excluding hydrogens is 552 g/mol. The number of hydrogen-bond donors (Lipinski definition) is 4. The first kappa shape index (κ1) is 30.7. The maximum atomic E-state index is 13.1. The second kappa shape index (κ2) is 12.9. The third-order valence-corrected chi connectivity index (χ3v) is 8.03. The number of benzene rings is 3. The van der Waals surface area contributed by atoms with E-state index in [1.165, 1.54) is 4.57 Å². The highest BCUT2D eigenvalue weighted by Crippen LogP contribution is 2.29. The van der Waals surface area contributed by atoms with Gasteiger partial charge in [0.25, 0.3) is 11.5 Å². The van der Waals surface area contributed by atoms with Gasteiger partial charge >= 0.3 is 0 Å². The van der Waals surface area contributed by atoms with Gasteiger partial charge in [0, 0.05) is 48.0 Å². The van der Waals surface area contributed by atoms with Crippen molar-refractivity contribution < 1.29 is 9.59 Å². The SMILES string of the molecule is Cc1c(NC(=O)c2ccc(C(C)(C)C)cc2)cccc1-c1cn(C)c(=O)c(Nc2ccc(NC(=O)C3CCCNC3)cc2)n1. The van der Waals surface area contributed by atoms with Crippen LogP contribution in [-0.4, -0.2) is 34.5 Å². The predicted octanol–water partition coefficient (Wildman–Crippen LogP) is 5.99. The van der Waals surface area contributed by atoms with E-state index >= 15 is 0 Å². The van der Waals surface area contributed by atoms with Gasteiger partial charge in [0.2, 0.25) is 5.91 Å². The number of carbonyl (C=O) groups excluding carboxylic acids is 2. The molecule has 228 valence electrons. The first-order valence-electron chi connectivity index (χ1n) is 15.0. The van der Waals surface area contributed by atoms with E-state index in [1.807, 2.05) is 49.4 Å². The van der Waals surface area contributed by atoms with Crippen molar-refractivity contribution in [2.24, 2.45) is 13.0 Å². The lowest BCUT2D eigenvalue weighted by Crippen LogP contribution is -2.37. The third-order valence-electron chi connectivity index (χ3n) is 8.03. The van der Waals surface area contributed by atoms with Crippen molar-refractivity contribution in [2.75, 3.05) is 29.0 Å². The summed E-state index contributed by atoms with van der Waals surface area (Å²) in [6.07, 6.45) is 3.56. The molecular formula is C35H40N6O3. The summed E-state index contributed by atoms with van der Waals surface area (Å²) in [5.74, 6) is -0.0560. The van der Waals surface area contributed by atoms with Crippen LogP contribution in [-0.2, 0) is 17.3 Å². The summed E-state index contributed by atoms with van der Waals surface area (Å²) in [7, 11) is 1.68. The quantitative estimate of drug-likeness (QED) is 0.210. The van der Waals surface area contributed by atoms with Crippen LogP contribution in [0.5, 0.6) is 0 Å². The number of hydrogen-bond acceptors (Lipinski definition) is 6.